The van der Waals surface area contributed by atoms with Crippen molar-refractivity contribution in [3.8, 4) is 0 Å². The van der Waals surface area contributed by atoms with E-state index >= 15 is 0 Å². The Morgan fingerprint density at radius 3 is 2.81 bits per heavy atom. The molecule has 0 aliphatic carbocycles. The van der Waals surface area contributed by atoms with Crippen molar-refractivity contribution in [3.63, 3.8) is 0 Å². The SMILES string of the molecule is CS(=O)(=O)NCCNc1ccnc(NN)c1. The van der Waals surface area contributed by atoms with Crippen LogP contribution in [0, 0.1) is 0 Å². The summed E-state index contributed by atoms with van der Waals surface area (Å²) in [5, 5.41) is 3.03. The average Bonchev–Trinajstić information content (AvgIpc) is 2.23. The summed E-state index contributed by atoms with van der Waals surface area (Å²) in [6, 6.07) is 3.49. The first-order valence-electron chi connectivity index (χ1n) is 4.62. The first kappa shape index (κ1) is 12.7. The average molecular weight is 245 g/mol. The summed E-state index contributed by atoms with van der Waals surface area (Å²) in [6.45, 7) is 0.813. The van der Waals surface area contributed by atoms with Crippen LogP contribution in [0.1, 0.15) is 0 Å². The third-order valence-corrected chi connectivity index (χ3v) is 2.45. The zero-order valence-electron chi connectivity index (χ0n) is 8.90. The molecule has 0 aliphatic rings. The minimum Gasteiger partial charge on any atom is -0.384 e. The third kappa shape index (κ3) is 4.91. The van der Waals surface area contributed by atoms with Crippen molar-refractivity contribution in [2.45, 2.75) is 0 Å². The van der Waals surface area contributed by atoms with Crippen molar-refractivity contribution in [1.29, 1.82) is 0 Å². The number of nitrogens with one attached hydrogen (secondary N) is 3. The molecule has 0 spiro atoms. The maximum atomic E-state index is 10.8. The number of anilines is 2. The summed E-state index contributed by atoms with van der Waals surface area (Å²) in [5.74, 6) is 5.74. The lowest BCUT2D eigenvalue weighted by Gasteiger charge is -2.07. The van der Waals surface area contributed by atoms with Crippen molar-refractivity contribution in [1.82, 2.24) is 9.71 Å². The van der Waals surface area contributed by atoms with E-state index in [-0.39, 0.29) is 0 Å². The summed E-state index contributed by atoms with van der Waals surface area (Å²) in [6.07, 6.45) is 2.72. The van der Waals surface area contributed by atoms with Crippen molar-refractivity contribution in [2.24, 2.45) is 5.84 Å². The van der Waals surface area contributed by atoms with Gasteiger partial charge >= 0.3 is 0 Å². The molecule has 0 aliphatic heterocycles. The number of rotatable bonds is 6. The molecule has 0 aromatic carbocycles. The van der Waals surface area contributed by atoms with Gasteiger partial charge in [-0.3, -0.25) is 0 Å². The number of nitrogens with zero attached hydrogens (tertiary/aromatic N) is 1. The molecule has 90 valence electrons. The molecule has 0 saturated heterocycles. The Kier molecular flexibility index (Phi) is 4.47. The third-order valence-electron chi connectivity index (χ3n) is 1.73. The Morgan fingerprint density at radius 2 is 2.19 bits per heavy atom. The van der Waals surface area contributed by atoms with E-state index in [4.69, 9.17) is 5.84 Å². The van der Waals surface area contributed by atoms with E-state index in [9.17, 15) is 8.42 Å². The Hall–Kier alpha value is -1.38. The van der Waals surface area contributed by atoms with Crippen molar-refractivity contribution >= 4 is 21.5 Å². The largest absolute Gasteiger partial charge is 0.384 e. The van der Waals surface area contributed by atoms with Crippen LogP contribution in [0.4, 0.5) is 11.5 Å². The molecule has 1 rings (SSSR count). The topological polar surface area (TPSA) is 109 Å². The number of aromatic nitrogens is 1. The van der Waals surface area contributed by atoms with Gasteiger partial charge in [-0.1, -0.05) is 0 Å². The highest BCUT2D eigenvalue weighted by atomic mass is 32.2. The minimum atomic E-state index is -3.13. The highest BCUT2D eigenvalue weighted by molar-refractivity contribution is 7.88. The van der Waals surface area contributed by atoms with E-state index in [1.54, 1.807) is 18.3 Å². The lowest BCUT2D eigenvalue weighted by Crippen LogP contribution is -2.27. The second-order valence-electron chi connectivity index (χ2n) is 3.17. The van der Waals surface area contributed by atoms with E-state index in [2.05, 4.69) is 20.4 Å². The number of hydrogen-bond donors (Lipinski definition) is 4. The number of hydrazine groups is 1. The molecule has 0 radical (unpaired) electrons. The molecular weight excluding hydrogens is 230 g/mol. The van der Waals surface area contributed by atoms with E-state index in [1.807, 2.05) is 0 Å². The van der Waals surface area contributed by atoms with Crippen molar-refractivity contribution in [2.75, 3.05) is 30.1 Å². The van der Waals surface area contributed by atoms with E-state index in [0.717, 1.165) is 11.9 Å². The Morgan fingerprint density at radius 1 is 1.44 bits per heavy atom. The van der Waals surface area contributed by atoms with Crippen LogP contribution in [-0.2, 0) is 10.0 Å². The standard InChI is InChI=1S/C8H15N5O2S/c1-16(14,15)12-5-4-10-7-2-3-11-8(6-7)13-9/h2-3,6,12H,4-5,9H2,1H3,(H2,10,11,13). The molecule has 0 saturated carbocycles. The van der Waals surface area contributed by atoms with Gasteiger partial charge in [0.2, 0.25) is 10.0 Å². The fourth-order valence-corrected chi connectivity index (χ4v) is 1.54. The van der Waals surface area contributed by atoms with E-state index < -0.39 is 10.0 Å². The van der Waals surface area contributed by atoms with Crippen LogP contribution in [0.3, 0.4) is 0 Å². The highest BCUT2D eigenvalue weighted by Crippen LogP contribution is 2.09. The highest BCUT2D eigenvalue weighted by Gasteiger charge is 1.99. The molecule has 1 aromatic heterocycles. The van der Waals surface area contributed by atoms with Crippen molar-refractivity contribution in [3.05, 3.63) is 18.3 Å². The fourth-order valence-electron chi connectivity index (χ4n) is 1.06. The molecule has 0 amide bonds. The smallest absolute Gasteiger partial charge is 0.208 e. The summed E-state index contributed by atoms with van der Waals surface area (Å²) >= 11 is 0. The lowest BCUT2D eigenvalue weighted by atomic mass is 10.4. The zero-order chi connectivity index (χ0) is 12.0. The molecule has 8 heteroatoms. The van der Waals surface area contributed by atoms with Gasteiger partial charge in [0.25, 0.3) is 0 Å². The number of pyridine rings is 1. The number of sulfonamides is 1. The van der Waals surface area contributed by atoms with Gasteiger partial charge in [0.1, 0.15) is 5.82 Å². The number of hydrogen-bond acceptors (Lipinski definition) is 6. The van der Waals surface area contributed by atoms with Crippen LogP contribution in [0.5, 0.6) is 0 Å². The second-order valence-corrected chi connectivity index (χ2v) is 5.00. The Balaban J connectivity index is 2.37. The molecule has 7 nitrogen and oxygen atoms in total. The van der Waals surface area contributed by atoms with E-state index in [0.29, 0.717) is 18.9 Å². The van der Waals surface area contributed by atoms with Crippen LogP contribution in [-0.4, -0.2) is 32.7 Å². The molecule has 1 aromatic rings. The van der Waals surface area contributed by atoms with Gasteiger partial charge < -0.3 is 10.7 Å². The second kappa shape index (κ2) is 5.64. The Bertz CT molecular complexity index is 434. The van der Waals surface area contributed by atoms with Gasteiger partial charge in [0.05, 0.1) is 6.26 Å². The van der Waals surface area contributed by atoms with Gasteiger partial charge in [-0.05, 0) is 6.07 Å². The molecule has 1 heterocycles. The summed E-state index contributed by atoms with van der Waals surface area (Å²) in [5.41, 5.74) is 3.24. The summed E-state index contributed by atoms with van der Waals surface area (Å²) < 4.78 is 23.9. The first-order valence-corrected chi connectivity index (χ1v) is 6.51. The van der Waals surface area contributed by atoms with Crippen LogP contribution < -0.4 is 21.3 Å². The van der Waals surface area contributed by atoms with Crippen molar-refractivity contribution < 1.29 is 8.42 Å². The molecule has 0 fully saturated rings. The summed E-state index contributed by atoms with van der Waals surface area (Å²) in [4.78, 5) is 3.94. The number of nitrogen functional groups attached to an aromatic ring is 1. The predicted octanol–water partition coefficient (Wildman–Crippen LogP) is -0.672. The molecule has 5 N–H and O–H groups in total. The fraction of sp³-hybridized carbons (Fsp3) is 0.375. The maximum absolute atomic E-state index is 10.8. The maximum Gasteiger partial charge on any atom is 0.208 e. The first-order chi connectivity index (χ1) is 7.51. The monoisotopic (exact) mass is 245 g/mol. The van der Waals surface area contributed by atoms with Crippen LogP contribution in [0.2, 0.25) is 0 Å². The van der Waals surface area contributed by atoms with Crippen LogP contribution >= 0.6 is 0 Å². The molecular formula is C8H15N5O2S. The lowest BCUT2D eigenvalue weighted by molar-refractivity contribution is 0.589. The normalized spacial score (nSPS) is 11.1. The molecule has 0 unspecified atom stereocenters. The zero-order valence-corrected chi connectivity index (χ0v) is 9.71. The van der Waals surface area contributed by atoms with Crippen LogP contribution in [0.25, 0.3) is 0 Å². The van der Waals surface area contributed by atoms with Gasteiger partial charge in [-0.2, -0.15) is 0 Å². The van der Waals surface area contributed by atoms with Crippen LogP contribution in [0.15, 0.2) is 18.3 Å². The van der Waals surface area contributed by atoms with Gasteiger partial charge in [0, 0.05) is 31.0 Å². The molecule has 16 heavy (non-hydrogen) atoms. The van der Waals surface area contributed by atoms with Gasteiger partial charge in [-0.25, -0.2) is 24.0 Å². The quantitative estimate of drug-likeness (QED) is 0.300. The predicted molar refractivity (Wildman–Crippen MR) is 63.4 cm³/mol. The number of nitrogens with two attached hydrogens (primary N) is 1. The van der Waals surface area contributed by atoms with E-state index in [1.165, 1.54) is 0 Å². The van der Waals surface area contributed by atoms with Gasteiger partial charge in [-0.15, -0.1) is 0 Å². The van der Waals surface area contributed by atoms with Gasteiger partial charge in [0.15, 0.2) is 0 Å². The minimum absolute atomic E-state index is 0.326. The molecule has 0 atom stereocenters. The Labute approximate surface area is 94.5 Å². The summed E-state index contributed by atoms with van der Waals surface area (Å²) in [7, 11) is -3.13. The molecule has 0 bridgehead atoms.